The molecule has 5 atom stereocenters. The topological polar surface area (TPSA) is 60.4 Å². The third-order valence-corrected chi connectivity index (χ3v) is 12.2. The highest BCUT2D eigenvalue weighted by molar-refractivity contribution is 5.89. The maximum atomic E-state index is 13.1. The molecule has 3 fully saturated rings. The van der Waals surface area contributed by atoms with Crippen LogP contribution in [0.25, 0.3) is 0 Å². The molecule has 4 heteroatoms. The zero-order chi connectivity index (χ0) is 30.2. The Morgan fingerprint density at radius 2 is 1.52 bits per heavy atom. The van der Waals surface area contributed by atoms with Crippen molar-refractivity contribution in [1.82, 2.24) is 0 Å². The van der Waals surface area contributed by atoms with Crippen molar-refractivity contribution in [3.05, 3.63) is 23.8 Å². The van der Waals surface area contributed by atoms with E-state index in [1.807, 2.05) is 13.0 Å². The number of allylic oxidation sites excluding steroid dienone is 3. The Labute approximate surface area is 245 Å². The number of carbonyl (C=O) groups excluding carboxylic acids is 3. The maximum absolute atomic E-state index is 13.1. The van der Waals surface area contributed by atoms with Gasteiger partial charge in [-0.05, 0) is 111 Å². The molecule has 0 N–H and O–H groups in total. The third-order valence-electron chi connectivity index (χ3n) is 12.2. The Morgan fingerprint density at radius 3 is 2.15 bits per heavy atom. The number of Topliss-reactive ketones (excluding diaryl/α,β-unsaturated/α-hetero) is 1. The molecule has 3 saturated carbocycles. The van der Waals surface area contributed by atoms with Gasteiger partial charge < -0.3 is 4.74 Å². The first-order valence-corrected chi connectivity index (χ1v) is 16.0. The van der Waals surface area contributed by atoms with Gasteiger partial charge in [-0.15, -0.1) is 0 Å². The second kappa shape index (κ2) is 11.5. The molecule has 0 aromatic carbocycles. The molecule has 0 bridgehead atoms. The van der Waals surface area contributed by atoms with E-state index in [2.05, 4.69) is 61.5 Å². The van der Waals surface area contributed by atoms with Crippen molar-refractivity contribution in [2.45, 2.75) is 140 Å². The molecule has 3 aliphatic carbocycles. The fraction of sp³-hybridized carbons (Fsp3) is 0.806. The first kappa shape index (κ1) is 32.8. The summed E-state index contributed by atoms with van der Waals surface area (Å²) in [5.41, 5.74) is 0.725. The summed E-state index contributed by atoms with van der Waals surface area (Å²) in [5, 5.41) is 0. The number of hydrogen-bond acceptors (Lipinski definition) is 4. The van der Waals surface area contributed by atoms with Crippen molar-refractivity contribution in [2.75, 3.05) is 6.61 Å². The molecule has 3 aliphatic rings. The van der Waals surface area contributed by atoms with Crippen molar-refractivity contribution in [3.63, 3.8) is 0 Å². The van der Waals surface area contributed by atoms with E-state index in [-0.39, 0.29) is 50.2 Å². The maximum Gasteiger partial charge on any atom is 0.330 e. The quantitative estimate of drug-likeness (QED) is 0.251. The highest BCUT2D eigenvalue weighted by atomic mass is 16.5. The molecule has 0 aromatic rings. The van der Waals surface area contributed by atoms with Crippen molar-refractivity contribution < 1.29 is 19.1 Å². The summed E-state index contributed by atoms with van der Waals surface area (Å²) in [6.45, 7) is 22.6. The van der Waals surface area contributed by atoms with E-state index in [1.54, 1.807) is 13.0 Å². The molecule has 226 valence electrons. The van der Waals surface area contributed by atoms with E-state index in [4.69, 9.17) is 4.74 Å². The normalized spacial score (nSPS) is 39.5. The molecule has 0 unspecified atom stereocenters. The van der Waals surface area contributed by atoms with Crippen LogP contribution in [-0.4, -0.2) is 24.1 Å². The van der Waals surface area contributed by atoms with Gasteiger partial charge in [0.25, 0.3) is 0 Å². The van der Waals surface area contributed by atoms with Gasteiger partial charge >= 0.3 is 5.97 Å². The second-order valence-corrected chi connectivity index (χ2v) is 16.0. The van der Waals surface area contributed by atoms with E-state index < -0.39 is 0 Å². The first-order valence-electron chi connectivity index (χ1n) is 16.0. The zero-order valence-electron chi connectivity index (χ0n) is 27.4. The molecule has 0 saturated heterocycles. The van der Waals surface area contributed by atoms with Crippen LogP contribution in [0.1, 0.15) is 140 Å². The number of fused-ring (bicyclic) bond motifs is 1. The molecular formula is C36H58O4. The van der Waals surface area contributed by atoms with Gasteiger partial charge in [-0.25, -0.2) is 4.79 Å². The van der Waals surface area contributed by atoms with Crippen LogP contribution >= 0.6 is 0 Å². The van der Waals surface area contributed by atoms with Crippen molar-refractivity contribution in [3.8, 4) is 0 Å². The first-order chi connectivity index (χ1) is 18.3. The number of carbonyl (C=O) groups is 3. The molecule has 40 heavy (non-hydrogen) atoms. The highest BCUT2D eigenvalue weighted by Crippen LogP contribution is 2.69. The Kier molecular flexibility index (Phi) is 9.45. The van der Waals surface area contributed by atoms with Crippen LogP contribution in [0.3, 0.4) is 0 Å². The minimum Gasteiger partial charge on any atom is -0.463 e. The van der Waals surface area contributed by atoms with Crippen molar-refractivity contribution in [1.29, 1.82) is 0 Å². The molecule has 3 rings (SSSR count). The largest absolute Gasteiger partial charge is 0.463 e. The fourth-order valence-corrected chi connectivity index (χ4v) is 8.91. The predicted molar refractivity (Wildman–Crippen MR) is 164 cm³/mol. The Morgan fingerprint density at radius 1 is 0.875 bits per heavy atom. The van der Waals surface area contributed by atoms with Gasteiger partial charge in [0.15, 0.2) is 5.78 Å². The summed E-state index contributed by atoms with van der Waals surface area (Å²) in [6.07, 6.45) is 16.8. The molecule has 0 heterocycles. The van der Waals surface area contributed by atoms with Gasteiger partial charge in [-0.2, -0.15) is 0 Å². The summed E-state index contributed by atoms with van der Waals surface area (Å²) in [6, 6.07) is 0. The number of rotatable bonds is 5. The molecule has 0 amide bonds. The summed E-state index contributed by atoms with van der Waals surface area (Å²) in [7, 11) is 0. The third kappa shape index (κ3) is 6.36. The van der Waals surface area contributed by atoms with Gasteiger partial charge in [0, 0.05) is 17.9 Å². The average molecular weight is 555 g/mol. The van der Waals surface area contributed by atoms with Gasteiger partial charge in [-0.3, -0.25) is 9.59 Å². The van der Waals surface area contributed by atoms with Gasteiger partial charge in [-0.1, -0.05) is 73.5 Å². The van der Waals surface area contributed by atoms with Crippen LogP contribution in [0.4, 0.5) is 0 Å². The van der Waals surface area contributed by atoms with E-state index in [1.165, 1.54) is 18.4 Å². The molecular weight excluding hydrogens is 496 g/mol. The summed E-state index contributed by atoms with van der Waals surface area (Å²) < 4.78 is 5.22. The fourth-order valence-electron chi connectivity index (χ4n) is 8.91. The van der Waals surface area contributed by atoms with Crippen molar-refractivity contribution >= 4 is 17.5 Å². The van der Waals surface area contributed by atoms with Gasteiger partial charge in [0.2, 0.25) is 0 Å². The molecule has 0 spiro atoms. The average Bonchev–Trinajstić information content (AvgIpc) is 2.85. The lowest BCUT2D eigenvalue weighted by Crippen LogP contribution is -2.57. The Bertz CT molecular complexity index is 1050. The number of ether oxygens (including phenoxy) is 1. The predicted octanol–water partition coefficient (Wildman–Crippen LogP) is 9.22. The molecule has 0 radical (unpaired) electrons. The van der Waals surface area contributed by atoms with Crippen LogP contribution < -0.4 is 0 Å². The van der Waals surface area contributed by atoms with Crippen LogP contribution in [0.2, 0.25) is 0 Å². The highest BCUT2D eigenvalue weighted by Gasteiger charge is 2.61. The summed E-state index contributed by atoms with van der Waals surface area (Å²) in [5.74, 6) is 0.476. The van der Waals surface area contributed by atoms with E-state index in [0.29, 0.717) is 18.8 Å². The lowest BCUT2D eigenvalue weighted by atomic mass is 9.40. The Balaban J connectivity index is 2.08. The lowest BCUT2D eigenvalue weighted by Gasteiger charge is -2.63. The van der Waals surface area contributed by atoms with Crippen LogP contribution in [-0.2, 0) is 19.1 Å². The molecule has 0 aliphatic heterocycles. The van der Waals surface area contributed by atoms with Gasteiger partial charge in [0.05, 0.1) is 6.61 Å². The SMILES string of the molecule is CCOC(=O)/C=C/[C@@]1(C)CCC(C)(C)CCC[C@](C)([C@]2(C)CC[C@H]3C(C)(C)C(=O)CC[C@]3(C)/C2=C/C(C)=O)CC1. The molecule has 0 aromatic heterocycles. The zero-order valence-corrected chi connectivity index (χ0v) is 27.4. The van der Waals surface area contributed by atoms with Crippen LogP contribution in [0.15, 0.2) is 23.8 Å². The van der Waals surface area contributed by atoms with Crippen LogP contribution in [0, 0.1) is 38.4 Å². The smallest absolute Gasteiger partial charge is 0.330 e. The summed E-state index contributed by atoms with van der Waals surface area (Å²) in [4.78, 5) is 38.2. The van der Waals surface area contributed by atoms with E-state index in [9.17, 15) is 14.4 Å². The minimum atomic E-state index is -0.373. The standard InChI is InChI=1S/C36H58O4/c1-11-40-30(39)15-18-33(7)22-21-31(3,4)16-12-17-34(8,24-23-33)36(10)20-13-27-32(5,6)29(38)14-19-35(27,9)28(36)25-26(2)37/h15,18,25,27H,11-14,16-17,19-24H2,1-10H3/b18-15+,28-25-/t27-,33-,34-,35-,36+/m0/s1. The minimum absolute atomic E-state index is 0.0136. The van der Waals surface area contributed by atoms with E-state index in [0.717, 1.165) is 51.4 Å². The van der Waals surface area contributed by atoms with Crippen molar-refractivity contribution in [2.24, 2.45) is 38.4 Å². The lowest BCUT2D eigenvalue weighted by molar-refractivity contribution is -0.143. The number of ketones is 2. The molecule has 4 nitrogen and oxygen atoms in total. The van der Waals surface area contributed by atoms with E-state index >= 15 is 0 Å². The Hall–Kier alpha value is -1.71. The second-order valence-electron chi connectivity index (χ2n) is 16.0. The number of hydrogen-bond donors (Lipinski definition) is 0. The monoisotopic (exact) mass is 554 g/mol. The summed E-state index contributed by atoms with van der Waals surface area (Å²) >= 11 is 0. The number of esters is 1. The van der Waals surface area contributed by atoms with Crippen LogP contribution in [0.5, 0.6) is 0 Å². The van der Waals surface area contributed by atoms with Gasteiger partial charge in [0.1, 0.15) is 5.78 Å².